The molecular formula is C21H17FN6O2. The van der Waals surface area contributed by atoms with Crippen LogP contribution in [0.5, 0.6) is 0 Å². The topological polar surface area (TPSA) is 109 Å². The van der Waals surface area contributed by atoms with Crippen LogP contribution in [0.4, 0.5) is 10.1 Å². The van der Waals surface area contributed by atoms with E-state index in [4.69, 9.17) is 0 Å². The van der Waals surface area contributed by atoms with Gasteiger partial charge in [-0.1, -0.05) is 30.3 Å². The van der Waals surface area contributed by atoms with E-state index in [2.05, 4.69) is 25.3 Å². The van der Waals surface area contributed by atoms with Crippen molar-refractivity contribution in [3.63, 3.8) is 0 Å². The van der Waals surface area contributed by atoms with Crippen molar-refractivity contribution in [2.45, 2.75) is 18.4 Å². The summed E-state index contributed by atoms with van der Waals surface area (Å²) in [5.41, 5.74) is 1.34. The Balaban J connectivity index is 1.85. The lowest BCUT2D eigenvalue weighted by Gasteiger charge is -2.23. The molecule has 0 fully saturated rings. The van der Waals surface area contributed by atoms with Gasteiger partial charge in [0.15, 0.2) is 0 Å². The molecule has 0 saturated carbocycles. The predicted molar refractivity (Wildman–Crippen MR) is 109 cm³/mol. The molecule has 2 N–H and O–H groups in total. The molecule has 2 aromatic heterocycles. The van der Waals surface area contributed by atoms with Gasteiger partial charge in [-0.15, -0.1) is 0 Å². The Morgan fingerprint density at radius 3 is 2.83 bits per heavy atom. The minimum atomic E-state index is -0.546. The van der Waals surface area contributed by atoms with Gasteiger partial charge >= 0.3 is 0 Å². The quantitative estimate of drug-likeness (QED) is 0.542. The largest absolute Gasteiger partial charge is 0.394 e. The molecule has 5 rings (SSSR count). The first kappa shape index (κ1) is 18.3. The van der Waals surface area contributed by atoms with Gasteiger partial charge in [-0.25, -0.2) is 19.2 Å². The number of aliphatic imine (C=N–C) groups is 1. The number of benzene rings is 2. The zero-order valence-corrected chi connectivity index (χ0v) is 15.7. The fraction of sp³-hybridized carbons (Fsp3) is 0.190. The lowest BCUT2D eigenvalue weighted by Crippen LogP contribution is -2.23. The lowest BCUT2D eigenvalue weighted by atomic mass is 9.83. The minimum Gasteiger partial charge on any atom is -0.394 e. The molecule has 4 aromatic rings. The maximum Gasteiger partial charge on any atom is 0.272 e. The summed E-state index contributed by atoms with van der Waals surface area (Å²) in [6.07, 6.45) is 3.15. The van der Waals surface area contributed by atoms with Crippen LogP contribution in [0.1, 0.15) is 28.9 Å². The van der Waals surface area contributed by atoms with E-state index in [0.717, 1.165) is 5.56 Å². The zero-order chi connectivity index (χ0) is 20.7. The number of hydrogen-bond acceptors (Lipinski definition) is 6. The standard InChI is InChI=1S/C21H17FN6O2/c22-13-8-14-17-16(9-13)23-10-15(12-4-2-1-3-5-12)18(19(17)26-27-21(14)30)20-24-11-25-28(20)6-7-29/h1-5,8-11,15,18,29H,6-7H2,(H,27,30). The Morgan fingerprint density at radius 1 is 1.20 bits per heavy atom. The molecule has 3 heterocycles. The second kappa shape index (κ2) is 7.27. The number of halogens is 1. The van der Waals surface area contributed by atoms with Gasteiger partial charge in [-0.2, -0.15) is 10.2 Å². The Hall–Kier alpha value is -3.72. The monoisotopic (exact) mass is 404 g/mol. The molecule has 1 aliphatic heterocycles. The fourth-order valence-corrected chi connectivity index (χ4v) is 4.03. The van der Waals surface area contributed by atoms with Crippen molar-refractivity contribution in [1.29, 1.82) is 0 Å². The number of aromatic amines is 1. The summed E-state index contributed by atoms with van der Waals surface area (Å²) in [6, 6.07) is 12.2. The van der Waals surface area contributed by atoms with Gasteiger partial charge in [0.25, 0.3) is 5.56 Å². The molecule has 0 saturated heterocycles. The molecule has 0 bridgehead atoms. The van der Waals surface area contributed by atoms with Crippen LogP contribution >= 0.6 is 0 Å². The van der Waals surface area contributed by atoms with Crippen LogP contribution in [-0.4, -0.2) is 42.9 Å². The summed E-state index contributed by atoms with van der Waals surface area (Å²) in [5.74, 6) is -0.737. The first-order valence-electron chi connectivity index (χ1n) is 9.47. The van der Waals surface area contributed by atoms with Crippen LogP contribution < -0.4 is 5.56 Å². The molecule has 150 valence electrons. The van der Waals surface area contributed by atoms with Crippen LogP contribution in [0.25, 0.3) is 10.8 Å². The summed E-state index contributed by atoms with van der Waals surface area (Å²) in [7, 11) is 0. The van der Waals surface area contributed by atoms with Gasteiger partial charge in [0.05, 0.1) is 35.8 Å². The summed E-state index contributed by atoms with van der Waals surface area (Å²) in [5, 5.41) is 21.2. The van der Waals surface area contributed by atoms with E-state index in [-0.39, 0.29) is 24.5 Å². The van der Waals surface area contributed by atoms with Crippen LogP contribution in [0.2, 0.25) is 0 Å². The molecule has 1 aliphatic rings. The molecule has 9 heteroatoms. The van der Waals surface area contributed by atoms with E-state index < -0.39 is 17.3 Å². The number of nitrogens with zero attached hydrogens (tertiary/aromatic N) is 5. The van der Waals surface area contributed by atoms with Gasteiger partial charge in [0.1, 0.15) is 18.0 Å². The normalized spacial score (nSPS) is 17.9. The second-order valence-corrected chi connectivity index (χ2v) is 7.04. The third-order valence-corrected chi connectivity index (χ3v) is 5.31. The Kier molecular flexibility index (Phi) is 4.44. The Bertz CT molecular complexity index is 1310. The molecule has 0 amide bonds. The van der Waals surface area contributed by atoms with Crippen LogP contribution in [-0.2, 0) is 6.54 Å². The first-order valence-corrected chi connectivity index (χ1v) is 9.47. The number of rotatable bonds is 4. The van der Waals surface area contributed by atoms with Gasteiger partial charge in [-0.3, -0.25) is 9.79 Å². The SMILES string of the molecule is O=c1[nH]nc2c3c(cc(F)cc13)N=CC(c1ccccc1)C2c1ncnn1CCO. The van der Waals surface area contributed by atoms with Gasteiger partial charge in [-0.05, 0) is 11.6 Å². The van der Waals surface area contributed by atoms with Crippen LogP contribution in [0, 0.1) is 5.82 Å². The molecule has 8 nitrogen and oxygen atoms in total. The number of nitrogens with one attached hydrogen (secondary N) is 1. The summed E-state index contributed by atoms with van der Waals surface area (Å²) in [6.45, 7) is 0.149. The average Bonchev–Trinajstić information content (AvgIpc) is 3.14. The van der Waals surface area contributed by atoms with E-state index in [1.54, 1.807) is 10.9 Å². The summed E-state index contributed by atoms with van der Waals surface area (Å²) < 4.78 is 15.8. The predicted octanol–water partition coefficient (Wildman–Crippen LogP) is 2.28. The minimum absolute atomic E-state index is 0.108. The summed E-state index contributed by atoms with van der Waals surface area (Å²) in [4.78, 5) is 21.4. The van der Waals surface area contributed by atoms with Gasteiger partial charge in [0, 0.05) is 23.6 Å². The molecule has 2 aromatic carbocycles. The highest BCUT2D eigenvalue weighted by atomic mass is 19.1. The number of aliphatic hydroxyl groups excluding tert-OH is 1. The van der Waals surface area contributed by atoms with E-state index in [0.29, 0.717) is 22.6 Å². The van der Waals surface area contributed by atoms with Crippen molar-refractivity contribution in [3.05, 3.63) is 82.0 Å². The van der Waals surface area contributed by atoms with Gasteiger partial charge in [0.2, 0.25) is 0 Å². The summed E-state index contributed by atoms with van der Waals surface area (Å²) >= 11 is 0. The van der Waals surface area contributed by atoms with Crippen LogP contribution in [0.15, 0.2) is 58.6 Å². The molecular weight excluding hydrogens is 387 g/mol. The van der Waals surface area contributed by atoms with Crippen molar-refractivity contribution in [2.24, 2.45) is 4.99 Å². The number of aromatic nitrogens is 5. The highest BCUT2D eigenvalue weighted by Crippen LogP contribution is 2.43. The van der Waals surface area contributed by atoms with Gasteiger partial charge < -0.3 is 5.11 Å². The van der Waals surface area contributed by atoms with Crippen molar-refractivity contribution in [3.8, 4) is 0 Å². The van der Waals surface area contributed by atoms with E-state index in [1.165, 1.54) is 18.5 Å². The Morgan fingerprint density at radius 2 is 2.03 bits per heavy atom. The Labute approximate surface area is 169 Å². The zero-order valence-electron chi connectivity index (χ0n) is 15.7. The molecule has 30 heavy (non-hydrogen) atoms. The molecule has 0 spiro atoms. The maximum atomic E-state index is 14.2. The van der Waals surface area contributed by atoms with Crippen LogP contribution in [0.3, 0.4) is 0 Å². The molecule has 0 radical (unpaired) electrons. The van der Waals surface area contributed by atoms with E-state index in [9.17, 15) is 14.3 Å². The van der Waals surface area contributed by atoms with E-state index >= 15 is 0 Å². The third kappa shape index (κ3) is 2.91. The highest BCUT2D eigenvalue weighted by molar-refractivity contribution is 5.97. The lowest BCUT2D eigenvalue weighted by molar-refractivity contribution is 0.266. The molecule has 2 atom stereocenters. The fourth-order valence-electron chi connectivity index (χ4n) is 4.03. The molecule has 0 aliphatic carbocycles. The van der Waals surface area contributed by atoms with E-state index in [1.807, 2.05) is 30.3 Å². The average molecular weight is 404 g/mol. The smallest absolute Gasteiger partial charge is 0.272 e. The van der Waals surface area contributed by atoms with Crippen molar-refractivity contribution >= 4 is 22.7 Å². The van der Waals surface area contributed by atoms with Crippen molar-refractivity contribution in [1.82, 2.24) is 25.0 Å². The highest BCUT2D eigenvalue weighted by Gasteiger charge is 2.35. The second-order valence-electron chi connectivity index (χ2n) is 7.04. The van der Waals surface area contributed by atoms with Crippen molar-refractivity contribution < 1.29 is 9.50 Å². The third-order valence-electron chi connectivity index (χ3n) is 5.31. The maximum absolute atomic E-state index is 14.2. The number of aliphatic hydroxyl groups is 1. The number of H-pyrrole nitrogens is 1. The number of hydrogen-bond donors (Lipinski definition) is 2. The van der Waals surface area contributed by atoms with Crippen molar-refractivity contribution in [2.75, 3.05) is 6.61 Å². The first-order chi connectivity index (χ1) is 14.7. The molecule has 2 unspecified atom stereocenters.